The van der Waals surface area contributed by atoms with Crippen LogP contribution >= 0.6 is 0 Å². The molecule has 0 fully saturated rings. The summed E-state index contributed by atoms with van der Waals surface area (Å²) in [6.45, 7) is 2.53. The Hall–Kier alpha value is -2.24. The lowest BCUT2D eigenvalue weighted by Gasteiger charge is -2.19. The van der Waals surface area contributed by atoms with Crippen molar-refractivity contribution >= 4 is 23.4 Å². The maximum Gasteiger partial charge on any atom is 0.335 e. The number of rotatable bonds is 4. The van der Waals surface area contributed by atoms with Crippen molar-refractivity contribution in [1.82, 2.24) is 5.32 Å². The van der Waals surface area contributed by atoms with E-state index >= 15 is 0 Å². The number of nitrogens with one attached hydrogen (secondary N) is 1. The number of benzene rings is 1. The third-order valence-corrected chi connectivity index (χ3v) is 2.47. The van der Waals surface area contributed by atoms with E-state index in [9.17, 15) is 9.59 Å². The van der Waals surface area contributed by atoms with Crippen molar-refractivity contribution in [3.63, 3.8) is 0 Å². The fourth-order valence-electron chi connectivity index (χ4n) is 1.45. The van der Waals surface area contributed by atoms with Crippen molar-refractivity contribution < 1.29 is 14.7 Å². The van der Waals surface area contributed by atoms with E-state index in [1.54, 1.807) is 7.05 Å². The molecule has 0 aliphatic heterocycles. The number of aromatic carboxylic acids is 1. The van der Waals surface area contributed by atoms with Crippen molar-refractivity contribution in [3.8, 4) is 0 Å². The van der Waals surface area contributed by atoms with Gasteiger partial charge in [-0.05, 0) is 24.6 Å². The predicted octanol–water partition coefficient (Wildman–Crippen LogP) is 1.52. The zero-order valence-electron chi connectivity index (χ0n) is 10.4. The predicted molar refractivity (Wildman–Crippen MR) is 69.9 cm³/mol. The maximum atomic E-state index is 11.7. The molecule has 4 N–H and O–H groups in total. The van der Waals surface area contributed by atoms with Crippen LogP contribution in [0.15, 0.2) is 18.2 Å². The van der Waals surface area contributed by atoms with E-state index in [4.69, 9.17) is 10.8 Å². The highest BCUT2D eigenvalue weighted by molar-refractivity contribution is 5.97. The lowest BCUT2D eigenvalue weighted by molar-refractivity contribution is 0.0697. The first-order valence-electron chi connectivity index (χ1n) is 5.61. The molecule has 0 unspecified atom stereocenters. The minimum absolute atomic E-state index is 0.0959. The number of hydrogen-bond acceptors (Lipinski definition) is 3. The number of carbonyl (C=O) groups is 2. The van der Waals surface area contributed by atoms with Gasteiger partial charge in [-0.2, -0.15) is 0 Å². The summed E-state index contributed by atoms with van der Waals surface area (Å²) in [5.41, 5.74) is 6.57. The summed E-state index contributed by atoms with van der Waals surface area (Å²) in [7, 11) is 1.58. The van der Waals surface area contributed by atoms with Crippen LogP contribution in [-0.4, -0.2) is 30.7 Å². The number of nitrogens with zero attached hydrogens (tertiary/aromatic N) is 1. The Bertz CT molecular complexity index is 460. The highest BCUT2D eigenvalue weighted by Gasteiger charge is 2.14. The van der Waals surface area contributed by atoms with Crippen LogP contribution in [0.3, 0.4) is 0 Å². The minimum atomic E-state index is -1.05. The Morgan fingerprint density at radius 2 is 2.11 bits per heavy atom. The van der Waals surface area contributed by atoms with E-state index in [0.29, 0.717) is 12.2 Å². The largest absolute Gasteiger partial charge is 0.478 e. The molecule has 0 saturated carbocycles. The molecule has 1 aromatic rings. The zero-order valence-corrected chi connectivity index (χ0v) is 10.4. The summed E-state index contributed by atoms with van der Waals surface area (Å²) in [4.78, 5) is 23.8. The van der Waals surface area contributed by atoms with Gasteiger partial charge in [-0.25, -0.2) is 9.59 Å². The van der Waals surface area contributed by atoms with E-state index < -0.39 is 5.97 Å². The number of carbonyl (C=O) groups excluding carboxylic acids is 1. The SMILES string of the molecule is CCCNC(=O)N(C)c1ccc(C(=O)O)cc1N. The summed E-state index contributed by atoms with van der Waals surface area (Å²) in [5, 5.41) is 11.5. The van der Waals surface area contributed by atoms with Gasteiger partial charge in [0.05, 0.1) is 16.9 Å². The third kappa shape index (κ3) is 3.13. The summed E-state index contributed by atoms with van der Waals surface area (Å²) < 4.78 is 0. The number of hydrogen-bond donors (Lipinski definition) is 3. The van der Waals surface area contributed by atoms with Crippen molar-refractivity contribution in [1.29, 1.82) is 0 Å². The molecular weight excluding hydrogens is 234 g/mol. The Morgan fingerprint density at radius 3 is 2.61 bits per heavy atom. The second kappa shape index (κ2) is 5.90. The average molecular weight is 251 g/mol. The first-order chi connectivity index (χ1) is 8.47. The van der Waals surface area contributed by atoms with E-state index in [-0.39, 0.29) is 17.3 Å². The van der Waals surface area contributed by atoms with Gasteiger partial charge in [0.25, 0.3) is 0 Å². The van der Waals surface area contributed by atoms with Crippen molar-refractivity contribution in [3.05, 3.63) is 23.8 Å². The Balaban J connectivity index is 2.89. The van der Waals surface area contributed by atoms with Gasteiger partial charge >= 0.3 is 12.0 Å². The smallest absolute Gasteiger partial charge is 0.335 e. The molecule has 18 heavy (non-hydrogen) atoms. The molecule has 2 amide bonds. The van der Waals surface area contributed by atoms with Crippen molar-refractivity contribution in [2.75, 3.05) is 24.2 Å². The molecule has 0 atom stereocenters. The summed E-state index contributed by atoms with van der Waals surface area (Å²) >= 11 is 0. The van der Waals surface area contributed by atoms with Gasteiger partial charge in [-0.1, -0.05) is 6.92 Å². The van der Waals surface area contributed by atoms with E-state index in [2.05, 4.69) is 5.32 Å². The summed E-state index contributed by atoms with van der Waals surface area (Å²) in [6, 6.07) is 4.00. The third-order valence-electron chi connectivity index (χ3n) is 2.47. The van der Waals surface area contributed by atoms with Gasteiger partial charge in [-0.3, -0.25) is 4.90 Å². The molecule has 6 nitrogen and oxygen atoms in total. The Labute approximate surface area is 105 Å². The molecule has 0 aliphatic rings. The topological polar surface area (TPSA) is 95.7 Å². The summed E-state index contributed by atoms with van der Waals surface area (Å²) in [5.74, 6) is -1.05. The number of anilines is 2. The van der Waals surface area contributed by atoms with Gasteiger partial charge < -0.3 is 16.2 Å². The monoisotopic (exact) mass is 251 g/mol. The van der Waals surface area contributed by atoms with Crippen LogP contribution in [-0.2, 0) is 0 Å². The number of amides is 2. The van der Waals surface area contributed by atoms with E-state index in [1.807, 2.05) is 6.92 Å². The number of carboxylic acid groups (broad SMARTS) is 1. The van der Waals surface area contributed by atoms with Gasteiger partial charge in [0.1, 0.15) is 0 Å². The lowest BCUT2D eigenvalue weighted by Crippen LogP contribution is -2.38. The molecule has 0 aliphatic carbocycles. The van der Waals surface area contributed by atoms with Crippen LogP contribution in [0.5, 0.6) is 0 Å². The van der Waals surface area contributed by atoms with E-state index in [1.165, 1.54) is 23.1 Å². The van der Waals surface area contributed by atoms with Crippen LogP contribution in [0.2, 0.25) is 0 Å². The van der Waals surface area contributed by atoms with E-state index in [0.717, 1.165) is 6.42 Å². The standard InChI is InChI=1S/C12H17N3O3/c1-3-6-14-12(18)15(2)10-5-4-8(11(16)17)7-9(10)13/h4-5,7H,3,6,13H2,1-2H3,(H,14,18)(H,16,17). The number of carboxylic acids is 1. The van der Waals surface area contributed by atoms with Crippen LogP contribution in [0.25, 0.3) is 0 Å². The van der Waals surface area contributed by atoms with Crippen LogP contribution < -0.4 is 16.0 Å². The lowest BCUT2D eigenvalue weighted by atomic mass is 10.1. The highest BCUT2D eigenvalue weighted by Crippen LogP contribution is 2.23. The molecule has 1 aromatic carbocycles. The molecule has 0 saturated heterocycles. The number of urea groups is 1. The van der Waals surface area contributed by atoms with Crippen molar-refractivity contribution in [2.45, 2.75) is 13.3 Å². The molecule has 6 heteroatoms. The highest BCUT2D eigenvalue weighted by atomic mass is 16.4. The molecule has 1 rings (SSSR count). The second-order valence-corrected chi connectivity index (χ2v) is 3.87. The fourth-order valence-corrected chi connectivity index (χ4v) is 1.45. The normalized spacial score (nSPS) is 9.89. The fraction of sp³-hybridized carbons (Fsp3) is 0.333. The number of nitrogens with two attached hydrogens (primary N) is 1. The summed E-state index contributed by atoms with van der Waals surface area (Å²) in [6.07, 6.45) is 0.840. The minimum Gasteiger partial charge on any atom is -0.478 e. The molecule has 0 radical (unpaired) electrons. The van der Waals surface area contributed by atoms with Gasteiger partial charge in [0.15, 0.2) is 0 Å². The van der Waals surface area contributed by atoms with Crippen LogP contribution in [0, 0.1) is 0 Å². The molecule has 0 aromatic heterocycles. The zero-order chi connectivity index (χ0) is 13.7. The quantitative estimate of drug-likeness (QED) is 0.707. The van der Waals surface area contributed by atoms with Gasteiger partial charge in [-0.15, -0.1) is 0 Å². The average Bonchev–Trinajstić information content (AvgIpc) is 2.34. The Morgan fingerprint density at radius 1 is 1.44 bits per heavy atom. The molecular formula is C12H17N3O3. The molecule has 0 spiro atoms. The van der Waals surface area contributed by atoms with Crippen LogP contribution in [0.4, 0.5) is 16.2 Å². The van der Waals surface area contributed by atoms with Gasteiger partial charge in [0, 0.05) is 13.6 Å². The molecule has 98 valence electrons. The van der Waals surface area contributed by atoms with Crippen molar-refractivity contribution in [2.24, 2.45) is 0 Å². The first-order valence-corrected chi connectivity index (χ1v) is 5.61. The molecule has 0 heterocycles. The van der Waals surface area contributed by atoms with Crippen LogP contribution in [0.1, 0.15) is 23.7 Å². The maximum absolute atomic E-state index is 11.7. The first kappa shape index (κ1) is 13.8. The Kier molecular flexibility index (Phi) is 4.53. The number of nitrogen functional groups attached to an aromatic ring is 1. The molecule has 0 bridgehead atoms. The second-order valence-electron chi connectivity index (χ2n) is 3.87. The van der Waals surface area contributed by atoms with Gasteiger partial charge in [0.2, 0.25) is 0 Å².